The van der Waals surface area contributed by atoms with Crippen LogP contribution in [0.25, 0.3) is 6.08 Å². The number of non-ortho nitro benzene ring substituents is 1. The van der Waals surface area contributed by atoms with Gasteiger partial charge in [-0.1, -0.05) is 29.3 Å². The third-order valence-electron chi connectivity index (χ3n) is 6.27. The molecule has 0 saturated carbocycles. The van der Waals surface area contributed by atoms with Crippen molar-refractivity contribution in [2.24, 2.45) is 0 Å². The summed E-state index contributed by atoms with van der Waals surface area (Å²) < 4.78 is 5.17. The van der Waals surface area contributed by atoms with Gasteiger partial charge in [0.25, 0.3) is 5.69 Å². The van der Waals surface area contributed by atoms with Gasteiger partial charge in [0, 0.05) is 53.3 Å². The number of amides is 2. The number of ether oxygens (including phenoxy) is 1. The Kier molecular flexibility index (Phi) is 9.17. The summed E-state index contributed by atoms with van der Waals surface area (Å²) in [4.78, 5) is 41.5. The van der Waals surface area contributed by atoms with Crippen LogP contribution in [0.5, 0.6) is 0 Å². The zero-order valence-electron chi connectivity index (χ0n) is 20.5. The zero-order valence-corrected chi connectivity index (χ0v) is 22.8. The van der Waals surface area contributed by atoms with Crippen LogP contribution >= 0.6 is 34.5 Å². The number of fused-ring (bicyclic) bond motifs is 1. The number of benzene rings is 2. The van der Waals surface area contributed by atoms with Crippen LogP contribution in [0.2, 0.25) is 10.0 Å². The lowest BCUT2D eigenvalue weighted by Crippen LogP contribution is -2.47. The largest absolute Gasteiger partial charge is 0.383 e. The highest BCUT2D eigenvalue weighted by atomic mass is 35.5. The van der Waals surface area contributed by atoms with Crippen LogP contribution in [-0.2, 0) is 20.7 Å². The van der Waals surface area contributed by atoms with Crippen LogP contribution in [0.4, 0.5) is 5.69 Å². The molecule has 11 heteroatoms. The first-order chi connectivity index (χ1) is 18.3. The van der Waals surface area contributed by atoms with Gasteiger partial charge in [0.05, 0.1) is 17.6 Å². The molecular formula is C27H25Cl2N3O5S. The van der Waals surface area contributed by atoms with Crippen molar-refractivity contribution in [1.82, 2.24) is 9.80 Å². The molecule has 1 aromatic heterocycles. The third kappa shape index (κ3) is 6.42. The molecule has 1 aliphatic rings. The lowest BCUT2D eigenvalue weighted by molar-refractivity contribution is -0.384. The number of carbonyl (C=O) groups excluding carboxylic acids is 2. The smallest absolute Gasteiger partial charge is 0.269 e. The first-order valence-corrected chi connectivity index (χ1v) is 13.4. The number of rotatable bonds is 9. The number of methoxy groups -OCH3 is 1. The molecule has 2 amide bonds. The third-order valence-corrected chi connectivity index (χ3v) is 7.83. The van der Waals surface area contributed by atoms with Gasteiger partial charge in [-0.25, -0.2) is 0 Å². The lowest BCUT2D eigenvalue weighted by atomic mass is 9.93. The summed E-state index contributed by atoms with van der Waals surface area (Å²) in [5, 5.41) is 13.9. The summed E-state index contributed by atoms with van der Waals surface area (Å²) in [5.74, 6) is -0.589. The quantitative estimate of drug-likeness (QED) is 0.188. The average molecular weight is 574 g/mol. The van der Waals surface area contributed by atoms with E-state index in [0.717, 1.165) is 11.1 Å². The van der Waals surface area contributed by atoms with Crippen LogP contribution in [0.15, 0.2) is 60.0 Å². The Bertz CT molecular complexity index is 1360. The molecule has 0 bridgehead atoms. The second-order valence-electron chi connectivity index (χ2n) is 8.64. The Morgan fingerprint density at radius 2 is 1.95 bits per heavy atom. The minimum Gasteiger partial charge on any atom is -0.383 e. The summed E-state index contributed by atoms with van der Waals surface area (Å²) >= 11 is 14.3. The zero-order chi connectivity index (χ0) is 27.2. The first kappa shape index (κ1) is 27.8. The molecule has 0 radical (unpaired) electrons. The van der Waals surface area contributed by atoms with Gasteiger partial charge in [-0.05, 0) is 64.9 Å². The molecule has 8 nitrogen and oxygen atoms in total. The van der Waals surface area contributed by atoms with Crippen LogP contribution < -0.4 is 0 Å². The highest BCUT2D eigenvalue weighted by Gasteiger charge is 2.35. The van der Waals surface area contributed by atoms with Gasteiger partial charge in [0.2, 0.25) is 11.8 Å². The van der Waals surface area contributed by atoms with Gasteiger partial charge in [0.15, 0.2) is 0 Å². The van der Waals surface area contributed by atoms with Crippen molar-refractivity contribution in [2.45, 2.75) is 12.5 Å². The first-order valence-electron chi connectivity index (χ1n) is 11.8. The van der Waals surface area contributed by atoms with Crippen LogP contribution in [0.1, 0.15) is 27.6 Å². The number of nitrogens with zero attached hydrogens (tertiary/aromatic N) is 3. The number of hydrogen-bond donors (Lipinski definition) is 0. The van der Waals surface area contributed by atoms with Gasteiger partial charge >= 0.3 is 0 Å². The van der Waals surface area contributed by atoms with Crippen LogP contribution in [0.3, 0.4) is 0 Å². The summed E-state index contributed by atoms with van der Waals surface area (Å²) in [6.45, 7) is 0.815. The second kappa shape index (κ2) is 12.5. The molecule has 2 aromatic carbocycles. The molecule has 1 unspecified atom stereocenters. The standard InChI is InChI=1S/C27H25Cl2N3O5S/c1-37-14-13-30(25(33)9-4-18-2-6-20(7-3-18)32(35)36)17-26(34)31-12-10-24-22(11-15-38-24)27(31)21-8-5-19(28)16-23(21)29/h2-9,11,15-16,27H,10,12-14,17H2,1H3/b9-4+. The molecule has 38 heavy (non-hydrogen) atoms. The Balaban J connectivity index is 1.55. The molecule has 198 valence electrons. The van der Waals surface area contributed by atoms with E-state index in [0.29, 0.717) is 28.6 Å². The van der Waals surface area contributed by atoms with Gasteiger partial charge in [0.1, 0.15) is 6.54 Å². The molecule has 0 aliphatic carbocycles. The monoisotopic (exact) mass is 573 g/mol. The number of hydrogen-bond acceptors (Lipinski definition) is 6. The molecular weight excluding hydrogens is 549 g/mol. The number of nitro groups is 1. The number of halogens is 2. The Morgan fingerprint density at radius 1 is 1.18 bits per heavy atom. The SMILES string of the molecule is COCCN(CC(=O)N1CCc2sccc2C1c1ccc(Cl)cc1Cl)C(=O)/C=C/c1ccc([N+](=O)[O-])cc1. The topological polar surface area (TPSA) is 93.0 Å². The van der Waals surface area contributed by atoms with Gasteiger partial charge < -0.3 is 14.5 Å². The lowest BCUT2D eigenvalue weighted by Gasteiger charge is -2.38. The minimum absolute atomic E-state index is 0.0357. The minimum atomic E-state index is -0.485. The van der Waals surface area contributed by atoms with E-state index in [1.807, 2.05) is 17.5 Å². The molecule has 1 aliphatic heterocycles. The van der Waals surface area contributed by atoms with Crippen molar-refractivity contribution in [1.29, 1.82) is 0 Å². The van der Waals surface area contributed by atoms with Crippen molar-refractivity contribution in [2.75, 3.05) is 33.4 Å². The fourth-order valence-electron chi connectivity index (χ4n) is 4.35. The predicted molar refractivity (Wildman–Crippen MR) is 149 cm³/mol. The predicted octanol–water partition coefficient (Wildman–Crippen LogP) is 5.63. The van der Waals surface area contributed by atoms with Gasteiger partial charge in [-0.2, -0.15) is 0 Å². The molecule has 0 saturated heterocycles. The molecule has 1 atom stereocenters. The number of nitro benzene ring substituents is 1. The van der Waals surface area contributed by atoms with E-state index in [1.54, 1.807) is 46.6 Å². The van der Waals surface area contributed by atoms with E-state index in [1.165, 1.54) is 35.1 Å². The average Bonchev–Trinajstić information content (AvgIpc) is 3.38. The van der Waals surface area contributed by atoms with E-state index in [4.69, 9.17) is 27.9 Å². The molecule has 0 N–H and O–H groups in total. The molecule has 3 aromatic rings. The Morgan fingerprint density at radius 3 is 2.63 bits per heavy atom. The van der Waals surface area contributed by atoms with Crippen LogP contribution in [-0.4, -0.2) is 59.9 Å². The molecule has 0 spiro atoms. The van der Waals surface area contributed by atoms with Crippen molar-refractivity contribution in [3.63, 3.8) is 0 Å². The van der Waals surface area contributed by atoms with Gasteiger partial charge in [-0.3, -0.25) is 19.7 Å². The van der Waals surface area contributed by atoms with Gasteiger partial charge in [-0.15, -0.1) is 11.3 Å². The Labute approximate surface area is 234 Å². The molecule has 0 fully saturated rings. The second-order valence-corrected chi connectivity index (χ2v) is 10.5. The maximum atomic E-state index is 13.7. The number of thiophene rings is 1. The fraction of sp³-hybridized carbons (Fsp3) is 0.259. The summed E-state index contributed by atoms with van der Waals surface area (Å²) in [5.41, 5.74) is 2.38. The van der Waals surface area contributed by atoms with E-state index in [2.05, 4.69) is 0 Å². The highest BCUT2D eigenvalue weighted by Crippen LogP contribution is 2.41. The highest BCUT2D eigenvalue weighted by molar-refractivity contribution is 7.10. The van der Waals surface area contributed by atoms with Crippen molar-refractivity contribution in [3.05, 3.63) is 102 Å². The summed E-state index contributed by atoms with van der Waals surface area (Å²) in [6.07, 6.45) is 3.63. The van der Waals surface area contributed by atoms with Crippen molar-refractivity contribution >= 4 is 58.1 Å². The maximum absolute atomic E-state index is 13.7. The normalized spacial score (nSPS) is 14.9. The summed E-state index contributed by atoms with van der Waals surface area (Å²) in [6, 6.07) is 12.7. The summed E-state index contributed by atoms with van der Waals surface area (Å²) in [7, 11) is 1.53. The van der Waals surface area contributed by atoms with E-state index >= 15 is 0 Å². The number of carbonyl (C=O) groups is 2. The van der Waals surface area contributed by atoms with E-state index < -0.39 is 11.0 Å². The Hall–Kier alpha value is -3.24. The van der Waals surface area contributed by atoms with Crippen LogP contribution in [0, 0.1) is 10.1 Å². The van der Waals surface area contributed by atoms with Crippen molar-refractivity contribution in [3.8, 4) is 0 Å². The van der Waals surface area contributed by atoms with Crippen molar-refractivity contribution < 1.29 is 19.2 Å². The fourth-order valence-corrected chi connectivity index (χ4v) is 5.76. The van der Waals surface area contributed by atoms with E-state index in [9.17, 15) is 19.7 Å². The van der Waals surface area contributed by atoms with E-state index in [-0.39, 0.29) is 37.2 Å². The molecule has 2 heterocycles. The molecule has 4 rings (SSSR count). The maximum Gasteiger partial charge on any atom is 0.269 e.